The Hall–Kier alpha value is -0.910. The fourth-order valence-electron chi connectivity index (χ4n) is 1.36. The molecular weight excluding hydrogens is 394 g/mol. The smallest absolute Gasteiger partial charge is 0.0680 e. The van der Waals surface area contributed by atoms with Crippen molar-refractivity contribution in [3.63, 3.8) is 0 Å². The Labute approximate surface area is 135 Å². The van der Waals surface area contributed by atoms with Gasteiger partial charge in [0.25, 0.3) is 0 Å². The first kappa shape index (κ1) is 14.5. The molecule has 19 heavy (non-hydrogen) atoms. The first-order valence-electron chi connectivity index (χ1n) is 5.43. The normalized spacial score (nSPS) is 11.5. The summed E-state index contributed by atoms with van der Waals surface area (Å²) in [6.45, 7) is 0. The highest BCUT2D eigenvalue weighted by Crippen LogP contribution is 2.24. The number of halogens is 3. The van der Waals surface area contributed by atoms with Crippen molar-refractivity contribution < 1.29 is 0 Å². The fourth-order valence-corrected chi connectivity index (χ4v) is 2.08. The van der Waals surface area contributed by atoms with Crippen LogP contribution in [0.3, 0.4) is 0 Å². The summed E-state index contributed by atoms with van der Waals surface area (Å²) in [4.78, 5) is 0. The molecule has 2 nitrogen and oxygen atoms in total. The van der Waals surface area contributed by atoms with Crippen molar-refractivity contribution in [2.75, 3.05) is 0 Å². The Morgan fingerprint density at radius 1 is 0.895 bits per heavy atom. The second-order valence-electron chi connectivity index (χ2n) is 3.68. The minimum Gasteiger partial charge on any atom is -0.159 e. The van der Waals surface area contributed by atoms with Gasteiger partial charge in [-0.25, -0.2) is 0 Å². The van der Waals surface area contributed by atoms with Crippen LogP contribution >= 0.6 is 45.8 Å². The highest BCUT2D eigenvalue weighted by molar-refractivity contribution is 14.1. The van der Waals surface area contributed by atoms with Crippen molar-refractivity contribution in [1.82, 2.24) is 0 Å². The van der Waals surface area contributed by atoms with Crippen molar-refractivity contribution in [3.05, 3.63) is 67.2 Å². The van der Waals surface area contributed by atoms with Crippen LogP contribution in [0.1, 0.15) is 11.1 Å². The molecule has 0 bridgehead atoms. The van der Waals surface area contributed by atoms with Crippen LogP contribution in [0.25, 0.3) is 0 Å². The number of nitrogens with zero attached hydrogens (tertiary/aromatic N) is 2. The van der Waals surface area contributed by atoms with Gasteiger partial charge in [0.1, 0.15) is 0 Å². The van der Waals surface area contributed by atoms with Crippen molar-refractivity contribution in [2.45, 2.75) is 0 Å². The van der Waals surface area contributed by atoms with Gasteiger partial charge in [-0.3, -0.25) is 0 Å². The van der Waals surface area contributed by atoms with Crippen molar-refractivity contribution >= 4 is 58.2 Å². The van der Waals surface area contributed by atoms with E-state index in [1.54, 1.807) is 18.5 Å². The van der Waals surface area contributed by atoms with E-state index in [1.165, 1.54) is 3.57 Å². The van der Waals surface area contributed by atoms with Crippen LogP contribution in [0, 0.1) is 3.57 Å². The lowest BCUT2D eigenvalue weighted by atomic mass is 10.2. The van der Waals surface area contributed by atoms with Gasteiger partial charge < -0.3 is 0 Å². The van der Waals surface area contributed by atoms with Crippen LogP contribution in [0.2, 0.25) is 10.0 Å². The van der Waals surface area contributed by atoms with Crippen LogP contribution in [-0.4, -0.2) is 12.4 Å². The Balaban J connectivity index is 2.07. The zero-order chi connectivity index (χ0) is 13.7. The van der Waals surface area contributed by atoms with Gasteiger partial charge in [-0.05, 0) is 46.4 Å². The predicted octanol–water partition coefficient (Wildman–Crippen LogP) is 5.05. The summed E-state index contributed by atoms with van der Waals surface area (Å²) in [6.07, 6.45) is 3.27. The third-order valence-corrected chi connectivity index (χ3v) is 3.87. The highest BCUT2D eigenvalue weighted by Gasteiger charge is 2.00. The van der Waals surface area contributed by atoms with Crippen molar-refractivity contribution in [1.29, 1.82) is 0 Å². The Bertz CT molecular complexity index is 622. The molecule has 0 amide bonds. The summed E-state index contributed by atoms with van der Waals surface area (Å²) < 4.78 is 1.18. The molecule has 0 saturated carbocycles. The van der Waals surface area contributed by atoms with E-state index in [4.69, 9.17) is 23.2 Å². The summed E-state index contributed by atoms with van der Waals surface area (Å²) in [7, 11) is 0. The predicted molar refractivity (Wildman–Crippen MR) is 90.8 cm³/mol. The first-order chi connectivity index (χ1) is 9.16. The molecule has 0 spiro atoms. The number of hydrogen-bond donors (Lipinski definition) is 0. The zero-order valence-electron chi connectivity index (χ0n) is 9.72. The minimum absolute atomic E-state index is 0.484. The average Bonchev–Trinajstić information content (AvgIpc) is 2.41. The van der Waals surface area contributed by atoms with Gasteiger partial charge in [0.2, 0.25) is 0 Å². The number of rotatable bonds is 3. The monoisotopic (exact) mass is 402 g/mol. The largest absolute Gasteiger partial charge is 0.159 e. The fraction of sp³-hybridized carbons (Fsp3) is 0. The molecule has 2 aromatic rings. The van der Waals surface area contributed by atoms with Gasteiger partial charge >= 0.3 is 0 Å². The number of hydrogen-bond acceptors (Lipinski definition) is 2. The molecule has 5 heteroatoms. The SMILES string of the molecule is Clc1cccc(/C=N/N=C/c2ccc(I)cc2)c1Cl. The molecule has 0 fully saturated rings. The third kappa shape index (κ3) is 4.30. The second kappa shape index (κ2) is 7.03. The topological polar surface area (TPSA) is 24.7 Å². The standard InChI is InChI=1S/C14H9Cl2IN2/c15-13-3-1-2-11(14(13)16)9-19-18-8-10-4-6-12(17)7-5-10/h1-9H/b18-8+,19-9+. The molecule has 2 rings (SSSR count). The van der Waals surface area contributed by atoms with E-state index in [2.05, 4.69) is 32.8 Å². The molecule has 0 atom stereocenters. The average molecular weight is 403 g/mol. The lowest BCUT2D eigenvalue weighted by molar-refractivity contribution is 1.26. The lowest BCUT2D eigenvalue weighted by Crippen LogP contribution is -1.84. The van der Waals surface area contributed by atoms with Gasteiger partial charge in [0.15, 0.2) is 0 Å². The van der Waals surface area contributed by atoms with E-state index in [0.29, 0.717) is 10.0 Å². The van der Waals surface area contributed by atoms with Gasteiger partial charge in [-0.1, -0.05) is 47.5 Å². The maximum atomic E-state index is 6.03. The van der Waals surface area contributed by atoms with Crippen LogP contribution in [0.4, 0.5) is 0 Å². The van der Waals surface area contributed by atoms with E-state index in [1.807, 2.05) is 36.4 Å². The summed E-state index contributed by atoms with van der Waals surface area (Å²) in [5, 5.41) is 8.93. The van der Waals surface area contributed by atoms with E-state index < -0.39 is 0 Å². The second-order valence-corrected chi connectivity index (χ2v) is 5.71. The highest BCUT2D eigenvalue weighted by atomic mass is 127. The van der Waals surface area contributed by atoms with Gasteiger partial charge in [0, 0.05) is 9.13 Å². The number of benzene rings is 2. The molecule has 0 N–H and O–H groups in total. The summed E-state index contributed by atoms with van der Waals surface area (Å²) in [5.74, 6) is 0. The molecule has 0 aromatic heterocycles. The molecule has 0 heterocycles. The minimum atomic E-state index is 0.484. The molecule has 96 valence electrons. The zero-order valence-corrected chi connectivity index (χ0v) is 13.4. The van der Waals surface area contributed by atoms with Crippen LogP contribution in [0.5, 0.6) is 0 Å². The quantitative estimate of drug-likeness (QED) is 0.390. The molecule has 0 aliphatic carbocycles. The van der Waals surface area contributed by atoms with E-state index >= 15 is 0 Å². The molecule has 0 radical (unpaired) electrons. The van der Waals surface area contributed by atoms with Gasteiger partial charge in [0.05, 0.1) is 22.5 Å². The van der Waals surface area contributed by atoms with Crippen molar-refractivity contribution in [3.8, 4) is 0 Å². The molecule has 0 aliphatic rings. The molecule has 2 aromatic carbocycles. The molecule has 0 saturated heterocycles. The van der Waals surface area contributed by atoms with E-state index in [-0.39, 0.29) is 0 Å². The molecular formula is C14H9Cl2IN2. The third-order valence-electron chi connectivity index (χ3n) is 2.32. The Morgan fingerprint density at radius 3 is 2.32 bits per heavy atom. The summed E-state index contributed by atoms with van der Waals surface area (Å²) in [5.41, 5.74) is 1.74. The maximum absolute atomic E-state index is 6.03. The van der Waals surface area contributed by atoms with Crippen LogP contribution < -0.4 is 0 Å². The Kier molecular flexibility index (Phi) is 5.36. The Morgan fingerprint density at radius 2 is 1.58 bits per heavy atom. The van der Waals surface area contributed by atoms with Gasteiger partial charge in [-0.15, -0.1) is 0 Å². The lowest BCUT2D eigenvalue weighted by Gasteiger charge is -1.97. The van der Waals surface area contributed by atoms with E-state index in [9.17, 15) is 0 Å². The first-order valence-corrected chi connectivity index (χ1v) is 7.26. The van der Waals surface area contributed by atoms with E-state index in [0.717, 1.165) is 11.1 Å². The van der Waals surface area contributed by atoms with Crippen molar-refractivity contribution in [2.24, 2.45) is 10.2 Å². The summed E-state index contributed by atoms with van der Waals surface area (Å²) in [6, 6.07) is 13.4. The molecule has 0 unspecified atom stereocenters. The maximum Gasteiger partial charge on any atom is 0.0680 e. The molecule has 0 aliphatic heterocycles. The summed E-state index contributed by atoms with van der Waals surface area (Å²) >= 11 is 14.2. The van der Waals surface area contributed by atoms with Gasteiger partial charge in [-0.2, -0.15) is 10.2 Å². The van der Waals surface area contributed by atoms with Crippen LogP contribution in [-0.2, 0) is 0 Å². The van der Waals surface area contributed by atoms with Crippen LogP contribution in [0.15, 0.2) is 52.7 Å².